The average Bonchev–Trinajstić information content (AvgIpc) is 2.27. The maximum absolute atomic E-state index is 4.22. The summed E-state index contributed by atoms with van der Waals surface area (Å²) in [5, 5.41) is 0. The molecular weight excluding hydrogens is 292 g/mol. The van der Waals surface area contributed by atoms with Gasteiger partial charge in [0.1, 0.15) is 10.3 Å². The van der Waals surface area contributed by atoms with Crippen LogP contribution in [0.3, 0.4) is 0 Å². The Morgan fingerprint density at radius 2 is 2.18 bits per heavy atom. The van der Waals surface area contributed by atoms with E-state index >= 15 is 0 Å². The molecule has 0 aromatic carbocycles. The number of aromatic nitrogens is 2. The van der Waals surface area contributed by atoms with Crippen LogP contribution in [0, 0.1) is 0 Å². The van der Waals surface area contributed by atoms with Gasteiger partial charge in [0.15, 0.2) is 3.92 Å². The van der Waals surface area contributed by atoms with Gasteiger partial charge in [0.2, 0.25) is 0 Å². The van der Waals surface area contributed by atoms with Gasteiger partial charge in [-0.2, -0.15) is 0 Å². The Labute approximate surface area is 83.9 Å². The lowest BCUT2D eigenvalue weighted by Crippen LogP contribution is -1.72. The number of pyridine rings is 1. The summed E-state index contributed by atoms with van der Waals surface area (Å²) >= 11 is 8.16. The standard InChI is InChI=1S/C6H2Br2N2S/c7-3-1-4-5(9-2-3)11-6(8)10-4/h1-2H. The van der Waals surface area contributed by atoms with Crippen molar-refractivity contribution in [2.45, 2.75) is 0 Å². The normalized spacial score (nSPS) is 10.7. The zero-order valence-corrected chi connectivity index (χ0v) is 9.20. The number of rotatable bonds is 0. The molecule has 11 heavy (non-hydrogen) atoms. The Morgan fingerprint density at radius 1 is 1.36 bits per heavy atom. The molecule has 5 heteroatoms. The lowest BCUT2D eigenvalue weighted by Gasteiger charge is -1.86. The molecule has 0 spiro atoms. The Morgan fingerprint density at radius 3 is 3.00 bits per heavy atom. The predicted octanol–water partition coefficient (Wildman–Crippen LogP) is 3.22. The Balaban J connectivity index is 2.82. The molecule has 2 nitrogen and oxygen atoms in total. The summed E-state index contributed by atoms with van der Waals surface area (Å²) in [5.74, 6) is 0. The number of nitrogens with zero attached hydrogens (tertiary/aromatic N) is 2. The topological polar surface area (TPSA) is 25.8 Å². The fourth-order valence-electron chi connectivity index (χ4n) is 0.772. The van der Waals surface area contributed by atoms with Gasteiger partial charge in [-0.15, -0.1) is 0 Å². The van der Waals surface area contributed by atoms with Crippen molar-refractivity contribution in [1.29, 1.82) is 0 Å². The van der Waals surface area contributed by atoms with Crippen molar-refractivity contribution >= 4 is 53.5 Å². The monoisotopic (exact) mass is 292 g/mol. The summed E-state index contributed by atoms with van der Waals surface area (Å²) < 4.78 is 1.83. The fraction of sp³-hybridized carbons (Fsp3) is 0. The van der Waals surface area contributed by atoms with Gasteiger partial charge in [-0.05, 0) is 37.9 Å². The molecule has 0 radical (unpaired) electrons. The molecule has 0 unspecified atom stereocenters. The van der Waals surface area contributed by atoms with Crippen molar-refractivity contribution in [3.8, 4) is 0 Å². The first-order valence-electron chi connectivity index (χ1n) is 2.83. The molecule has 0 aliphatic heterocycles. The maximum atomic E-state index is 4.22. The van der Waals surface area contributed by atoms with E-state index in [0.29, 0.717) is 0 Å². The Bertz CT molecular complexity index is 398. The largest absolute Gasteiger partial charge is 0.242 e. The van der Waals surface area contributed by atoms with Crippen molar-refractivity contribution in [3.05, 3.63) is 20.7 Å². The first-order chi connectivity index (χ1) is 5.25. The number of fused-ring (bicyclic) bond motifs is 1. The van der Waals surface area contributed by atoms with Crippen molar-refractivity contribution in [3.63, 3.8) is 0 Å². The van der Waals surface area contributed by atoms with Crippen molar-refractivity contribution in [2.75, 3.05) is 0 Å². The van der Waals surface area contributed by atoms with Crippen LogP contribution >= 0.6 is 43.2 Å². The minimum Gasteiger partial charge on any atom is -0.242 e. The second-order valence-electron chi connectivity index (χ2n) is 1.94. The maximum Gasteiger partial charge on any atom is 0.161 e. The Kier molecular flexibility index (Phi) is 1.95. The zero-order chi connectivity index (χ0) is 7.84. The van der Waals surface area contributed by atoms with Gasteiger partial charge in [-0.25, -0.2) is 9.97 Å². The Hall–Kier alpha value is -0.0000000000000000555. The fourth-order valence-corrected chi connectivity index (χ4v) is 2.36. The van der Waals surface area contributed by atoms with E-state index in [1.807, 2.05) is 6.07 Å². The highest BCUT2D eigenvalue weighted by atomic mass is 79.9. The molecule has 56 valence electrons. The van der Waals surface area contributed by atoms with Crippen molar-refractivity contribution in [2.24, 2.45) is 0 Å². The summed E-state index contributed by atoms with van der Waals surface area (Å²) in [6, 6.07) is 1.95. The average molecular weight is 294 g/mol. The van der Waals surface area contributed by atoms with Crippen LogP contribution in [-0.2, 0) is 0 Å². The third kappa shape index (κ3) is 1.45. The summed E-state index contributed by atoms with van der Waals surface area (Å²) in [5.41, 5.74) is 0.927. The zero-order valence-electron chi connectivity index (χ0n) is 5.21. The van der Waals surface area contributed by atoms with Crippen LogP contribution in [-0.4, -0.2) is 9.97 Å². The van der Waals surface area contributed by atoms with E-state index in [9.17, 15) is 0 Å². The molecule has 2 heterocycles. The third-order valence-electron chi connectivity index (χ3n) is 1.19. The molecule has 0 aliphatic rings. The smallest absolute Gasteiger partial charge is 0.161 e. The minimum atomic E-state index is 0.873. The molecule has 2 aromatic heterocycles. The molecule has 0 saturated heterocycles. The number of hydrogen-bond acceptors (Lipinski definition) is 3. The summed E-state index contributed by atoms with van der Waals surface area (Å²) in [6.07, 6.45) is 1.77. The minimum absolute atomic E-state index is 0.873. The van der Waals surface area contributed by atoms with Gasteiger partial charge in [0, 0.05) is 10.7 Å². The van der Waals surface area contributed by atoms with Crippen molar-refractivity contribution in [1.82, 2.24) is 9.97 Å². The lowest BCUT2D eigenvalue weighted by molar-refractivity contribution is 1.37. The molecule has 0 bridgehead atoms. The SMILES string of the molecule is Brc1cnc2sc(Br)nc2c1. The van der Waals surface area contributed by atoms with E-state index in [-0.39, 0.29) is 0 Å². The highest BCUT2D eigenvalue weighted by Crippen LogP contribution is 2.25. The predicted molar refractivity (Wildman–Crippen MR) is 52.8 cm³/mol. The van der Waals surface area contributed by atoms with Gasteiger partial charge in [-0.1, -0.05) is 11.3 Å². The van der Waals surface area contributed by atoms with E-state index < -0.39 is 0 Å². The third-order valence-corrected chi connectivity index (χ3v) is 3.05. The lowest BCUT2D eigenvalue weighted by atomic mass is 10.5. The van der Waals surface area contributed by atoms with Crippen LogP contribution < -0.4 is 0 Å². The van der Waals surface area contributed by atoms with E-state index in [4.69, 9.17) is 0 Å². The molecular formula is C6H2Br2N2S. The van der Waals surface area contributed by atoms with Crippen LogP contribution in [0.1, 0.15) is 0 Å². The van der Waals surface area contributed by atoms with E-state index in [1.165, 1.54) is 11.3 Å². The molecule has 0 N–H and O–H groups in total. The summed E-state index contributed by atoms with van der Waals surface area (Å²) in [6.45, 7) is 0. The highest BCUT2D eigenvalue weighted by Gasteiger charge is 2.01. The quantitative estimate of drug-likeness (QED) is 0.745. The molecule has 0 saturated carbocycles. The summed E-state index contributed by atoms with van der Waals surface area (Å²) in [7, 11) is 0. The van der Waals surface area contributed by atoms with E-state index in [2.05, 4.69) is 41.8 Å². The van der Waals surface area contributed by atoms with Crippen LogP contribution in [0.5, 0.6) is 0 Å². The first-order valence-corrected chi connectivity index (χ1v) is 5.23. The molecule has 0 amide bonds. The molecule has 0 fully saturated rings. The molecule has 2 aromatic rings. The number of hydrogen-bond donors (Lipinski definition) is 0. The molecule has 0 atom stereocenters. The molecule has 0 aliphatic carbocycles. The number of halogens is 2. The van der Waals surface area contributed by atoms with E-state index in [0.717, 1.165) is 18.7 Å². The highest BCUT2D eigenvalue weighted by molar-refractivity contribution is 9.11. The second kappa shape index (κ2) is 2.80. The van der Waals surface area contributed by atoms with Crippen LogP contribution in [0.15, 0.2) is 20.7 Å². The number of thiazole rings is 1. The van der Waals surface area contributed by atoms with Crippen LogP contribution in [0.2, 0.25) is 0 Å². The molecule has 2 rings (SSSR count). The van der Waals surface area contributed by atoms with Crippen LogP contribution in [0.4, 0.5) is 0 Å². The summed E-state index contributed by atoms with van der Waals surface area (Å²) in [4.78, 5) is 9.36. The van der Waals surface area contributed by atoms with Gasteiger partial charge < -0.3 is 0 Å². The van der Waals surface area contributed by atoms with Gasteiger partial charge in [0.25, 0.3) is 0 Å². The van der Waals surface area contributed by atoms with Gasteiger partial charge >= 0.3 is 0 Å². The van der Waals surface area contributed by atoms with Gasteiger partial charge in [-0.3, -0.25) is 0 Å². The van der Waals surface area contributed by atoms with Crippen molar-refractivity contribution < 1.29 is 0 Å². The second-order valence-corrected chi connectivity index (χ2v) is 5.11. The van der Waals surface area contributed by atoms with E-state index in [1.54, 1.807) is 6.20 Å². The van der Waals surface area contributed by atoms with Gasteiger partial charge in [0.05, 0.1) is 0 Å². The van der Waals surface area contributed by atoms with Crippen LogP contribution in [0.25, 0.3) is 10.3 Å². The first kappa shape index (κ1) is 7.64.